The van der Waals surface area contributed by atoms with Gasteiger partial charge >= 0.3 is 0 Å². The molecule has 1 aliphatic rings. The lowest BCUT2D eigenvalue weighted by Crippen LogP contribution is -2.31. The minimum absolute atomic E-state index is 0.119. The Labute approximate surface area is 157 Å². The van der Waals surface area contributed by atoms with Gasteiger partial charge in [-0.2, -0.15) is 0 Å². The monoisotopic (exact) mass is 350 g/mol. The molecule has 0 radical (unpaired) electrons. The molecule has 1 heterocycles. The minimum atomic E-state index is 0.119. The molecule has 1 aliphatic heterocycles. The molecular weight excluding hydrogens is 320 g/mol. The highest BCUT2D eigenvalue weighted by molar-refractivity contribution is 5.78. The summed E-state index contributed by atoms with van der Waals surface area (Å²) in [4.78, 5) is 14.7. The summed E-state index contributed by atoms with van der Waals surface area (Å²) in [6.07, 6.45) is 6.89. The number of amides is 1. The van der Waals surface area contributed by atoms with E-state index in [0.717, 1.165) is 25.1 Å². The van der Waals surface area contributed by atoms with Crippen molar-refractivity contribution in [1.29, 1.82) is 0 Å². The summed E-state index contributed by atoms with van der Waals surface area (Å²) in [5.41, 5.74) is 3.46. The van der Waals surface area contributed by atoms with Gasteiger partial charge in [-0.1, -0.05) is 67.4 Å². The highest BCUT2D eigenvalue weighted by Gasteiger charge is 2.09. The number of rotatable bonds is 7. The van der Waals surface area contributed by atoms with Crippen molar-refractivity contribution in [1.82, 2.24) is 10.2 Å². The van der Waals surface area contributed by atoms with Gasteiger partial charge in [0.05, 0.1) is 6.42 Å². The molecule has 2 aromatic rings. The molecule has 0 aliphatic carbocycles. The highest BCUT2D eigenvalue weighted by Crippen LogP contribution is 2.19. The molecule has 138 valence electrons. The van der Waals surface area contributed by atoms with Gasteiger partial charge in [-0.05, 0) is 55.6 Å². The Kier molecular flexibility index (Phi) is 7.26. The molecular formula is C23H30N2O. The lowest BCUT2D eigenvalue weighted by atomic mass is 10.0. The van der Waals surface area contributed by atoms with Crippen molar-refractivity contribution in [2.45, 2.75) is 38.5 Å². The first-order chi connectivity index (χ1) is 12.8. The van der Waals surface area contributed by atoms with Gasteiger partial charge in [-0.3, -0.25) is 4.79 Å². The predicted molar refractivity (Wildman–Crippen MR) is 108 cm³/mol. The standard InChI is InChI=1S/C23H30N2O/c26-23(24-15-8-18-25-16-6-1-2-7-17-25)19-20-11-13-22(14-12-20)21-9-4-3-5-10-21/h3-5,9-14H,1-2,6-8,15-19H2,(H,24,26). The van der Waals surface area contributed by atoms with Crippen LogP contribution in [-0.2, 0) is 11.2 Å². The molecule has 1 amide bonds. The van der Waals surface area contributed by atoms with Crippen LogP contribution in [-0.4, -0.2) is 37.0 Å². The summed E-state index contributed by atoms with van der Waals surface area (Å²) < 4.78 is 0. The SMILES string of the molecule is O=C(Cc1ccc(-c2ccccc2)cc1)NCCCN1CCCCCC1. The van der Waals surface area contributed by atoms with Crippen molar-refractivity contribution in [2.75, 3.05) is 26.2 Å². The summed E-state index contributed by atoms with van der Waals surface area (Å²) in [5.74, 6) is 0.119. The van der Waals surface area contributed by atoms with E-state index in [9.17, 15) is 4.79 Å². The van der Waals surface area contributed by atoms with E-state index in [1.807, 2.05) is 18.2 Å². The highest BCUT2D eigenvalue weighted by atomic mass is 16.1. The van der Waals surface area contributed by atoms with Gasteiger partial charge in [0, 0.05) is 6.54 Å². The Hall–Kier alpha value is -2.13. The maximum absolute atomic E-state index is 12.1. The normalized spacial score (nSPS) is 15.4. The van der Waals surface area contributed by atoms with E-state index >= 15 is 0 Å². The van der Waals surface area contributed by atoms with Crippen LogP contribution in [0.3, 0.4) is 0 Å². The Balaban J connectivity index is 1.38. The summed E-state index contributed by atoms with van der Waals surface area (Å²) in [5, 5.41) is 3.07. The predicted octanol–water partition coefficient (Wildman–Crippen LogP) is 4.28. The van der Waals surface area contributed by atoms with Gasteiger partial charge in [0.15, 0.2) is 0 Å². The second-order valence-corrected chi connectivity index (χ2v) is 7.20. The van der Waals surface area contributed by atoms with Crippen molar-refractivity contribution in [3.8, 4) is 11.1 Å². The quantitative estimate of drug-likeness (QED) is 0.756. The second-order valence-electron chi connectivity index (χ2n) is 7.20. The van der Waals surface area contributed by atoms with Crippen LogP contribution in [0, 0.1) is 0 Å². The number of hydrogen-bond donors (Lipinski definition) is 1. The number of carbonyl (C=O) groups excluding carboxylic acids is 1. The van der Waals surface area contributed by atoms with Gasteiger partial charge in [0.25, 0.3) is 0 Å². The summed E-state index contributed by atoms with van der Waals surface area (Å²) in [6.45, 7) is 4.33. The summed E-state index contributed by atoms with van der Waals surface area (Å²) in [6, 6.07) is 18.6. The largest absolute Gasteiger partial charge is 0.356 e. The Morgan fingerprint density at radius 2 is 1.50 bits per heavy atom. The molecule has 3 rings (SSSR count). The fourth-order valence-corrected chi connectivity index (χ4v) is 3.58. The Morgan fingerprint density at radius 1 is 0.846 bits per heavy atom. The maximum atomic E-state index is 12.1. The minimum Gasteiger partial charge on any atom is -0.356 e. The van der Waals surface area contributed by atoms with Crippen LogP contribution in [0.2, 0.25) is 0 Å². The van der Waals surface area contributed by atoms with Gasteiger partial charge in [-0.25, -0.2) is 0 Å². The van der Waals surface area contributed by atoms with Crippen LogP contribution in [0.4, 0.5) is 0 Å². The van der Waals surface area contributed by atoms with Crippen LogP contribution in [0.5, 0.6) is 0 Å². The van der Waals surface area contributed by atoms with Crippen LogP contribution >= 0.6 is 0 Å². The molecule has 0 spiro atoms. The maximum Gasteiger partial charge on any atom is 0.224 e. The van der Waals surface area contributed by atoms with E-state index in [-0.39, 0.29) is 5.91 Å². The van der Waals surface area contributed by atoms with Crippen molar-refractivity contribution >= 4 is 5.91 Å². The third-order valence-corrected chi connectivity index (χ3v) is 5.10. The number of benzene rings is 2. The zero-order valence-corrected chi connectivity index (χ0v) is 15.6. The second kappa shape index (κ2) is 10.1. The molecule has 0 bridgehead atoms. The van der Waals surface area contributed by atoms with Gasteiger partial charge < -0.3 is 10.2 Å². The van der Waals surface area contributed by atoms with E-state index in [1.54, 1.807) is 0 Å². The molecule has 0 saturated carbocycles. The van der Waals surface area contributed by atoms with E-state index in [0.29, 0.717) is 6.42 Å². The van der Waals surface area contributed by atoms with Crippen LogP contribution in [0.25, 0.3) is 11.1 Å². The van der Waals surface area contributed by atoms with Crippen molar-refractivity contribution in [3.63, 3.8) is 0 Å². The fraction of sp³-hybridized carbons (Fsp3) is 0.435. The first kappa shape index (κ1) is 18.7. The molecule has 2 aromatic carbocycles. The lowest BCUT2D eigenvalue weighted by molar-refractivity contribution is -0.120. The van der Waals surface area contributed by atoms with Gasteiger partial charge in [-0.15, -0.1) is 0 Å². The Morgan fingerprint density at radius 3 is 2.19 bits per heavy atom. The van der Waals surface area contributed by atoms with Gasteiger partial charge in [0.1, 0.15) is 0 Å². The van der Waals surface area contributed by atoms with Crippen molar-refractivity contribution in [3.05, 3.63) is 60.2 Å². The van der Waals surface area contributed by atoms with E-state index in [2.05, 4.69) is 46.6 Å². The van der Waals surface area contributed by atoms with Crippen molar-refractivity contribution in [2.24, 2.45) is 0 Å². The molecule has 3 nitrogen and oxygen atoms in total. The summed E-state index contributed by atoms with van der Waals surface area (Å²) in [7, 11) is 0. The first-order valence-corrected chi connectivity index (χ1v) is 9.95. The number of likely N-dealkylation sites (tertiary alicyclic amines) is 1. The van der Waals surface area contributed by atoms with Gasteiger partial charge in [0.2, 0.25) is 5.91 Å². The average molecular weight is 351 g/mol. The molecule has 1 fully saturated rings. The first-order valence-electron chi connectivity index (χ1n) is 9.95. The zero-order chi connectivity index (χ0) is 18.0. The number of nitrogens with zero attached hydrogens (tertiary/aromatic N) is 1. The average Bonchev–Trinajstić information content (AvgIpc) is 2.95. The van der Waals surface area contributed by atoms with Crippen LogP contribution < -0.4 is 5.32 Å². The molecule has 26 heavy (non-hydrogen) atoms. The third-order valence-electron chi connectivity index (χ3n) is 5.10. The molecule has 0 aromatic heterocycles. The van der Waals surface area contributed by atoms with Crippen LogP contribution in [0.1, 0.15) is 37.7 Å². The molecule has 0 unspecified atom stereocenters. The van der Waals surface area contributed by atoms with E-state index < -0.39 is 0 Å². The third kappa shape index (κ3) is 5.99. The lowest BCUT2D eigenvalue weighted by Gasteiger charge is -2.19. The van der Waals surface area contributed by atoms with Crippen molar-refractivity contribution < 1.29 is 4.79 Å². The molecule has 1 saturated heterocycles. The zero-order valence-electron chi connectivity index (χ0n) is 15.6. The molecule has 1 N–H and O–H groups in total. The van der Waals surface area contributed by atoms with E-state index in [4.69, 9.17) is 0 Å². The fourth-order valence-electron chi connectivity index (χ4n) is 3.58. The number of carbonyl (C=O) groups is 1. The number of nitrogens with one attached hydrogen (secondary N) is 1. The molecule has 0 atom stereocenters. The van der Waals surface area contributed by atoms with Crippen LogP contribution in [0.15, 0.2) is 54.6 Å². The smallest absolute Gasteiger partial charge is 0.224 e. The summed E-state index contributed by atoms with van der Waals surface area (Å²) >= 11 is 0. The molecule has 3 heteroatoms. The Bertz CT molecular complexity index is 658. The number of hydrogen-bond acceptors (Lipinski definition) is 2. The topological polar surface area (TPSA) is 32.3 Å². The van der Waals surface area contributed by atoms with E-state index in [1.165, 1.54) is 49.9 Å².